The van der Waals surface area contributed by atoms with Gasteiger partial charge >= 0.3 is 5.97 Å². The molecule has 0 atom stereocenters. The molecule has 5 heteroatoms. The fourth-order valence-electron chi connectivity index (χ4n) is 1.50. The lowest BCUT2D eigenvalue weighted by atomic mass is 10.1. The van der Waals surface area contributed by atoms with E-state index >= 15 is 0 Å². The Bertz CT molecular complexity index is 540. The highest BCUT2D eigenvalue weighted by Gasteiger charge is 2.14. The molecule has 0 unspecified atom stereocenters. The number of ether oxygens (including phenoxy) is 2. The number of carbonyl (C=O) groups excluding carboxylic acids is 1. The fraction of sp³-hybridized carbons (Fsp3) is 0.182. The van der Waals surface area contributed by atoms with Crippen LogP contribution >= 0.6 is 0 Å². The van der Waals surface area contributed by atoms with Gasteiger partial charge in [0.1, 0.15) is 12.1 Å². The first-order valence-electron chi connectivity index (χ1n) is 4.63. The van der Waals surface area contributed by atoms with Gasteiger partial charge in [-0.05, 0) is 12.1 Å². The van der Waals surface area contributed by atoms with Crippen LogP contribution < -0.4 is 4.74 Å². The van der Waals surface area contributed by atoms with Crippen LogP contribution in [-0.4, -0.2) is 30.2 Å². The van der Waals surface area contributed by atoms with Crippen molar-refractivity contribution in [2.24, 2.45) is 0 Å². The maximum Gasteiger partial charge on any atom is 0.340 e. The summed E-state index contributed by atoms with van der Waals surface area (Å²) in [6.07, 6.45) is 2.99. The Hall–Kier alpha value is -2.17. The predicted molar refractivity (Wildman–Crippen MR) is 57.4 cm³/mol. The molecule has 1 heterocycles. The van der Waals surface area contributed by atoms with Crippen LogP contribution in [0.4, 0.5) is 0 Å². The van der Waals surface area contributed by atoms with E-state index in [1.807, 2.05) is 0 Å². The van der Waals surface area contributed by atoms with Crippen LogP contribution in [0.1, 0.15) is 10.4 Å². The molecule has 0 amide bonds. The molecule has 16 heavy (non-hydrogen) atoms. The van der Waals surface area contributed by atoms with Gasteiger partial charge in [-0.2, -0.15) is 0 Å². The smallest absolute Gasteiger partial charge is 0.340 e. The number of hydrogen-bond donors (Lipinski definition) is 0. The maximum absolute atomic E-state index is 11.5. The molecule has 0 N–H and O–H groups in total. The summed E-state index contributed by atoms with van der Waals surface area (Å²) in [4.78, 5) is 19.5. The van der Waals surface area contributed by atoms with Crippen LogP contribution in [0.15, 0.2) is 24.7 Å². The van der Waals surface area contributed by atoms with Crippen molar-refractivity contribution in [3.8, 4) is 5.75 Å². The fourth-order valence-corrected chi connectivity index (χ4v) is 1.50. The zero-order valence-corrected chi connectivity index (χ0v) is 8.93. The first kappa shape index (κ1) is 10.4. The second kappa shape index (κ2) is 4.14. The van der Waals surface area contributed by atoms with Gasteiger partial charge in [0.25, 0.3) is 0 Å². The van der Waals surface area contributed by atoms with Crippen molar-refractivity contribution in [2.45, 2.75) is 0 Å². The molecule has 0 aliphatic carbocycles. The number of aromatic nitrogens is 2. The van der Waals surface area contributed by atoms with E-state index < -0.39 is 5.97 Å². The van der Waals surface area contributed by atoms with Crippen LogP contribution in [0, 0.1) is 0 Å². The monoisotopic (exact) mass is 218 g/mol. The lowest BCUT2D eigenvalue weighted by molar-refractivity contribution is 0.0603. The molecule has 0 bridgehead atoms. The molecule has 1 aromatic heterocycles. The van der Waals surface area contributed by atoms with Crippen LogP contribution in [0.3, 0.4) is 0 Å². The van der Waals surface area contributed by atoms with Crippen LogP contribution in [-0.2, 0) is 4.74 Å². The lowest BCUT2D eigenvalue weighted by Crippen LogP contribution is -2.03. The molecule has 2 aromatic rings. The Morgan fingerprint density at radius 3 is 2.81 bits per heavy atom. The molecule has 0 aliphatic rings. The average Bonchev–Trinajstić information content (AvgIpc) is 2.36. The van der Waals surface area contributed by atoms with E-state index in [2.05, 4.69) is 14.7 Å². The Balaban J connectivity index is 2.74. The highest BCUT2D eigenvalue weighted by molar-refractivity contribution is 6.04. The molecule has 0 aliphatic heterocycles. The van der Waals surface area contributed by atoms with E-state index in [4.69, 9.17) is 4.74 Å². The third-order valence-corrected chi connectivity index (χ3v) is 2.26. The normalized spacial score (nSPS) is 10.1. The third kappa shape index (κ3) is 1.56. The summed E-state index contributed by atoms with van der Waals surface area (Å²) < 4.78 is 9.84. The highest BCUT2D eigenvalue weighted by Crippen LogP contribution is 2.26. The van der Waals surface area contributed by atoms with E-state index in [0.717, 1.165) is 0 Å². The van der Waals surface area contributed by atoms with Crippen molar-refractivity contribution in [3.63, 3.8) is 0 Å². The van der Waals surface area contributed by atoms with Gasteiger partial charge in [0.2, 0.25) is 0 Å². The molecule has 1 aromatic carbocycles. The second-order valence-corrected chi connectivity index (χ2v) is 3.09. The van der Waals surface area contributed by atoms with Crippen molar-refractivity contribution in [2.75, 3.05) is 14.2 Å². The summed E-state index contributed by atoms with van der Waals surface area (Å²) in [7, 11) is 2.89. The minimum absolute atomic E-state index is 0.403. The van der Waals surface area contributed by atoms with Gasteiger partial charge in [-0.3, -0.25) is 0 Å². The molecule has 82 valence electrons. The molecule has 2 rings (SSSR count). The molecule has 5 nitrogen and oxygen atoms in total. The molecule has 0 radical (unpaired) electrons. The molecule has 0 spiro atoms. The van der Waals surface area contributed by atoms with Gasteiger partial charge in [-0.15, -0.1) is 0 Å². The SMILES string of the molecule is COC(=O)c1ccc(OC)c2cncnc12. The van der Waals surface area contributed by atoms with Crippen molar-refractivity contribution in [1.82, 2.24) is 9.97 Å². The first-order chi connectivity index (χ1) is 7.77. The Morgan fingerprint density at radius 1 is 1.31 bits per heavy atom. The van der Waals surface area contributed by atoms with E-state index in [1.165, 1.54) is 13.4 Å². The van der Waals surface area contributed by atoms with Gasteiger partial charge in [-0.1, -0.05) is 0 Å². The van der Waals surface area contributed by atoms with E-state index in [9.17, 15) is 4.79 Å². The third-order valence-electron chi connectivity index (χ3n) is 2.26. The molecular formula is C11H10N2O3. The average molecular weight is 218 g/mol. The lowest BCUT2D eigenvalue weighted by Gasteiger charge is -2.07. The number of fused-ring (bicyclic) bond motifs is 1. The van der Waals surface area contributed by atoms with Crippen LogP contribution in [0.25, 0.3) is 10.9 Å². The predicted octanol–water partition coefficient (Wildman–Crippen LogP) is 1.43. The topological polar surface area (TPSA) is 61.3 Å². The number of rotatable bonds is 2. The van der Waals surface area contributed by atoms with Crippen molar-refractivity contribution in [1.29, 1.82) is 0 Å². The van der Waals surface area contributed by atoms with Gasteiger partial charge in [0.15, 0.2) is 0 Å². The van der Waals surface area contributed by atoms with Crippen LogP contribution in [0.5, 0.6) is 5.75 Å². The van der Waals surface area contributed by atoms with E-state index in [-0.39, 0.29) is 0 Å². The van der Waals surface area contributed by atoms with Crippen molar-refractivity contribution in [3.05, 3.63) is 30.2 Å². The van der Waals surface area contributed by atoms with Gasteiger partial charge in [0, 0.05) is 6.20 Å². The molecule has 0 saturated heterocycles. The number of benzene rings is 1. The second-order valence-electron chi connectivity index (χ2n) is 3.09. The Kier molecular flexibility index (Phi) is 2.68. The summed E-state index contributed by atoms with van der Waals surface area (Å²) >= 11 is 0. The Morgan fingerprint density at radius 2 is 2.12 bits per heavy atom. The van der Waals surface area contributed by atoms with E-state index in [1.54, 1.807) is 25.4 Å². The maximum atomic E-state index is 11.5. The largest absolute Gasteiger partial charge is 0.496 e. The van der Waals surface area contributed by atoms with Gasteiger partial charge in [0.05, 0.1) is 30.7 Å². The molecule has 0 saturated carbocycles. The highest BCUT2D eigenvalue weighted by atomic mass is 16.5. The van der Waals surface area contributed by atoms with Gasteiger partial charge < -0.3 is 9.47 Å². The zero-order valence-electron chi connectivity index (χ0n) is 8.93. The summed E-state index contributed by atoms with van der Waals surface area (Å²) in [5.41, 5.74) is 0.932. The summed E-state index contributed by atoms with van der Waals surface area (Å²) in [5, 5.41) is 0.688. The summed E-state index contributed by atoms with van der Waals surface area (Å²) in [6, 6.07) is 3.32. The zero-order chi connectivity index (χ0) is 11.5. The molecule has 0 fully saturated rings. The standard InChI is InChI=1S/C11H10N2O3/c1-15-9-4-3-7(11(14)16-2)10-8(9)5-12-6-13-10/h3-6H,1-2H3. The number of methoxy groups -OCH3 is 2. The Labute approximate surface area is 92.0 Å². The van der Waals surface area contributed by atoms with Crippen molar-refractivity contribution >= 4 is 16.9 Å². The number of hydrogen-bond acceptors (Lipinski definition) is 5. The summed E-state index contributed by atoms with van der Waals surface area (Å²) in [6.45, 7) is 0. The summed E-state index contributed by atoms with van der Waals surface area (Å²) in [5.74, 6) is 0.203. The van der Waals surface area contributed by atoms with Gasteiger partial charge in [-0.25, -0.2) is 14.8 Å². The first-order valence-corrected chi connectivity index (χ1v) is 4.63. The quantitative estimate of drug-likeness (QED) is 0.713. The van der Waals surface area contributed by atoms with Crippen molar-refractivity contribution < 1.29 is 14.3 Å². The number of carbonyl (C=O) groups is 1. The molecular weight excluding hydrogens is 208 g/mol. The van der Waals surface area contributed by atoms with E-state index in [0.29, 0.717) is 22.2 Å². The number of esters is 1. The number of nitrogens with zero attached hydrogens (tertiary/aromatic N) is 2. The van der Waals surface area contributed by atoms with Crippen LogP contribution in [0.2, 0.25) is 0 Å². The minimum Gasteiger partial charge on any atom is -0.496 e. The minimum atomic E-state index is -0.425.